The summed E-state index contributed by atoms with van der Waals surface area (Å²) in [6, 6.07) is 6.30. The van der Waals surface area contributed by atoms with Crippen molar-refractivity contribution in [3.05, 3.63) is 78.9 Å². The molecule has 4 nitrogen and oxygen atoms in total. The van der Waals surface area contributed by atoms with Crippen molar-refractivity contribution in [2.45, 2.75) is 13.8 Å². The number of ether oxygens (including phenoxy) is 2. The van der Waals surface area contributed by atoms with E-state index in [1.54, 1.807) is 13.3 Å². The molecule has 1 aromatic rings. The molecule has 0 bridgehead atoms. The number of allylic oxidation sites excluding steroid dienone is 4. The van der Waals surface area contributed by atoms with Crippen LogP contribution in [0.25, 0.3) is 5.57 Å². The molecule has 0 amide bonds. The zero-order valence-corrected chi connectivity index (χ0v) is 15.9. The minimum absolute atomic E-state index is 0.628. The highest BCUT2D eigenvalue weighted by Crippen LogP contribution is 2.35. The monoisotopic (exact) mass is 352 g/mol. The first-order valence-corrected chi connectivity index (χ1v) is 8.71. The summed E-state index contributed by atoms with van der Waals surface area (Å²) in [5.41, 5.74) is 4.58. The summed E-state index contributed by atoms with van der Waals surface area (Å²) in [5, 5.41) is 3.04. The van der Waals surface area contributed by atoms with Crippen molar-refractivity contribution >= 4 is 11.3 Å². The van der Waals surface area contributed by atoms with E-state index < -0.39 is 0 Å². The van der Waals surface area contributed by atoms with Crippen molar-refractivity contribution in [1.82, 2.24) is 5.32 Å². The lowest BCUT2D eigenvalue weighted by atomic mass is 10.0. The van der Waals surface area contributed by atoms with Gasteiger partial charge in [-0.2, -0.15) is 0 Å². The molecule has 0 radical (unpaired) electrons. The number of anilines is 1. The maximum absolute atomic E-state index is 5.84. The van der Waals surface area contributed by atoms with Gasteiger partial charge in [0.05, 0.1) is 19.3 Å². The van der Waals surface area contributed by atoms with E-state index in [0.717, 1.165) is 35.7 Å². The first-order valence-electron chi connectivity index (χ1n) is 8.71. The minimum Gasteiger partial charge on any atom is -0.497 e. The fourth-order valence-electron chi connectivity index (χ4n) is 2.77. The van der Waals surface area contributed by atoms with Gasteiger partial charge in [-0.25, -0.2) is 0 Å². The van der Waals surface area contributed by atoms with E-state index in [-0.39, 0.29) is 0 Å². The zero-order valence-electron chi connectivity index (χ0n) is 15.9. The third-order valence-electron chi connectivity index (χ3n) is 4.16. The molecule has 1 N–H and O–H groups in total. The van der Waals surface area contributed by atoms with Crippen molar-refractivity contribution in [2.24, 2.45) is 0 Å². The van der Waals surface area contributed by atoms with Crippen LogP contribution in [0, 0.1) is 0 Å². The molecule has 1 aromatic carbocycles. The van der Waals surface area contributed by atoms with Crippen molar-refractivity contribution in [2.75, 3.05) is 31.7 Å². The molecule has 0 saturated carbocycles. The molecule has 138 valence electrons. The first-order chi connectivity index (χ1) is 12.6. The van der Waals surface area contributed by atoms with Gasteiger partial charge < -0.3 is 19.7 Å². The van der Waals surface area contributed by atoms with Gasteiger partial charge in [0.25, 0.3) is 0 Å². The summed E-state index contributed by atoms with van der Waals surface area (Å²) in [7, 11) is 1.62. The summed E-state index contributed by atoms with van der Waals surface area (Å²) in [5.74, 6) is 1.55. The minimum atomic E-state index is 0.628. The Morgan fingerprint density at radius 1 is 1.38 bits per heavy atom. The Morgan fingerprint density at radius 3 is 2.88 bits per heavy atom. The van der Waals surface area contributed by atoms with Crippen LogP contribution < -0.4 is 15.0 Å². The van der Waals surface area contributed by atoms with Crippen LogP contribution >= 0.6 is 0 Å². The van der Waals surface area contributed by atoms with Gasteiger partial charge in [-0.1, -0.05) is 31.4 Å². The van der Waals surface area contributed by atoms with Crippen LogP contribution in [0.5, 0.6) is 5.75 Å². The fraction of sp³-hybridized carbons (Fsp3) is 0.273. The SMILES string of the molecule is C=CN/C=C(\C)CN1CCOc2ccc(C(/C=C\C(=C)OC)=C/C)cc21. The molecule has 4 heteroatoms. The number of hydrogen-bond acceptors (Lipinski definition) is 4. The van der Waals surface area contributed by atoms with E-state index >= 15 is 0 Å². The highest BCUT2D eigenvalue weighted by Gasteiger charge is 2.19. The lowest BCUT2D eigenvalue weighted by Gasteiger charge is -2.32. The normalized spacial score (nSPS) is 14.7. The Hall–Kier alpha value is -2.88. The molecule has 0 aliphatic carbocycles. The summed E-state index contributed by atoms with van der Waals surface area (Å²) >= 11 is 0. The van der Waals surface area contributed by atoms with Crippen LogP contribution in [0.1, 0.15) is 19.4 Å². The van der Waals surface area contributed by atoms with Crippen LogP contribution in [-0.2, 0) is 4.74 Å². The largest absolute Gasteiger partial charge is 0.497 e. The van der Waals surface area contributed by atoms with E-state index in [1.807, 2.05) is 31.3 Å². The average Bonchev–Trinajstić information content (AvgIpc) is 2.66. The van der Waals surface area contributed by atoms with Crippen LogP contribution in [0.2, 0.25) is 0 Å². The predicted molar refractivity (Wildman–Crippen MR) is 110 cm³/mol. The second-order valence-electron chi connectivity index (χ2n) is 6.06. The molecule has 2 rings (SSSR count). The van der Waals surface area contributed by atoms with Gasteiger partial charge in [0, 0.05) is 12.7 Å². The Balaban J connectivity index is 2.28. The van der Waals surface area contributed by atoms with Crippen LogP contribution in [-0.4, -0.2) is 26.8 Å². The number of hydrogen-bond donors (Lipinski definition) is 1. The van der Waals surface area contributed by atoms with Gasteiger partial charge in [-0.3, -0.25) is 0 Å². The Kier molecular flexibility index (Phi) is 7.15. The van der Waals surface area contributed by atoms with Crippen molar-refractivity contribution in [3.63, 3.8) is 0 Å². The maximum atomic E-state index is 5.84. The molecule has 0 aromatic heterocycles. The maximum Gasteiger partial charge on any atom is 0.142 e. The number of nitrogens with zero attached hydrogens (tertiary/aromatic N) is 1. The van der Waals surface area contributed by atoms with E-state index in [1.165, 1.54) is 5.57 Å². The molecular formula is C22H28N2O2. The van der Waals surface area contributed by atoms with Crippen LogP contribution in [0.4, 0.5) is 5.69 Å². The van der Waals surface area contributed by atoms with Gasteiger partial charge in [-0.15, -0.1) is 0 Å². The summed E-state index contributed by atoms with van der Waals surface area (Å²) in [6.45, 7) is 14.0. The summed E-state index contributed by atoms with van der Waals surface area (Å²) in [6.07, 6.45) is 9.61. The van der Waals surface area contributed by atoms with E-state index in [0.29, 0.717) is 12.4 Å². The Bertz CT molecular complexity index is 745. The molecule has 1 aliphatic rings. The average molecular weight is 352 g/mol. The summed E-state index contributed by atoms with van der Waals surface area (Å²) in [4.78, 5) is 2.34. The van der Waals surface area contributed by atoms with Crippen LogP contribution in [0.3, 0.4) is 0 Å². The topological polar surface area (TPSA) is 33.7 Å². The number of fused-ring (bicyclic) bond motifs is 1. The molecule has 0 unspecified atom stereocenters. The molecule has 1 aliphatic heterocycles. The fourth-order valence-corrected chi connectivity index (χ4v) is 2.77. The highest BCUT2D eigenvalue weighted by atomic mass is 16.5. The smallest absolute Gasteiger partial charge is 0.142 e. The van der Waals surface area contributed by atoms with E-state index in [9.17, 15) is 0 Å². The first kappa shape index (κ1) is 19.4. The standard InChI is InChI=1S/C22H28N2O2/c1-6-19(9-8-18(4)25-5)20-10-11-22-21(14-20)24(12-13-26-22)16-17(3)15-23-7-2/h6-11,14-15,23H,2,4,12-13,16H2,1,3,5H3/b9-8-,17-15+,19-6+. The Labute approximate surface area is 156 Å². The molecule has 1 heterocycles. The molecular weight excluding hydrogens is 324 g/mol. The quantitative estimate of drug-likeness (QED) is 0.546. The van der Waals surface area contributed by atoms with E-state index in [2.05, 4.69) is 48.5 Å². The van der Waals surface area contributed by atoms with Crippen molar-refractivity contribution < 1.29 is 9.47 Å². The second kappa shape index (κ2) is 9.56. The zero-order chi connectivity index (χ0) is 18.9. The molecule has 0 spiro atoms. The lowest BCUT2D eigenvalue weighted by molar-refractivity contribution is 0.308. The third-order valence-corrected chi connectivity index (χ3v) is 4.16. The number of benzene rings is 1. The molecule has 0 fully saturated rings. The van der Waals surface area contributed by atoms with Gasteiger partial charge in [0.2, 0.25) is 0 Å². The van der Waals surface area contributed by atoms with Gasteiger partial charge >= 0.3 is 0 Å². The van der Waals surface area contributed by atoms with Gasteiger partial charge in [0.15, 0.2) is 0 Å². The number of methoxy groups -OCH3 is 1. The molecule has 0 saturated heterocycles. The van der Waals surface area contributed by atoms with Crippen LogP contribution in [0.15, 0.2) is 73.3 Å². The van der Waals surface area contributed by atoms with Gasteiger partial charge in [-0.05, 0) is 55.0 Å². The number of rotatable bonds is 8. The summed E-state index contributed by atoms with van der Waals surface area (Å²) < 4.78 is 10.9. The van der Waals surface area contributed by atoms with Crippen molar-refractivity contribution in [3.8, 4) is 5.75 Å². The Morgan fingerprint density at radius 2 is 2.19 bits per heavy atom. The van der Waals surface area contributed by atoms with Gasteiger partial charge in [0.1, 0.15) is 18.1 Å². The number of nitrogens with one attached hydrogen (secondary N) is 1. The lowest BCUT2D eigenvalue weighted by Crippen LogP contribution is -2.34. The predicted octanol–water partition coefficient (Wildman–Crippen LogP) is 4.64. The van der Waals surface area contributed by atoms with Crippen molar-refractivity contribution in [1.29, 1.82) is 0 Å². The molecule has 26 heavy (non-hydrogen) atoms. The highest BCUT2D eigenvalue weighted by molar-refractivity contribution is 5.78. The second-order valence-corrected chi connectivity index (χ2v) is 6.06. The van der Waals surface area contributed by atoms with E-state index in [4.69, 9.17) is 9.47 Å². The third kappa shape index (κ3) is 5.06. The molecule has 0 atom stereocenters.